The first-order valence-corrected chi connectivity index (χ1v) is 10.9. The zero-order valence-electron chi connectivity index (χ0n) is 19.1. The van der Waals surface area contributed by atoms with Gasteiger partial charge in [-0.2, -0.15) is 0 Å². The van der Waals surface area contributed by atoms with Crippen molar-refractivity contribution in [2.75, 3.05) is 6.61 Å². The van der Waals surface area contributed by atoms with E-state index in [1.165, 1.54) is 17.7 Å². The second kappa shape index (κ2) is 11.0. The summed E-state index contributed by atoms with van der Waals surface area (Å²) >= 11 is 0. The molecule has 1 saturated heterocycles. The molecule has 0 saturated carbocycles. The van der Waals surface area contributed by atoms with Crippen LogP contribution in [0, 0.1) is 29.6 Å². The van der Waals surface area contributed by atoms with Crippen LogP contribution in [-0.4, -0.2) is 40.8 Å². The van der Waals surface area contributed by atoms with Gasteiger partial charge in [0.05, 0.1) is 12.1 Å². The fourth-order valence-electron chi connectivity index (χ4n) is 4.16. The van der Waals surface area contributed by atoms with E-state index in [0.29, 0.717) is 17.4 Å². The Kier molecular flexibility index (Phi) is 9.68. The Morgan fingerprint density at radius 3 is 2.32 bits per heavy atom. The molecule has 1 fully saturated rings. The molecule has 1 N–H and O–H groups in total. The van der Waals surface area contributed by atoms with Crippen LogP contribution in [0.5, 0.6) is 0 Å². The van der Waals surface area contributed by atoms with E-state index in [2.05, 4.69) is 27.7 Å². The number of carbonyl (C=O) groups excluding carboxylic acids is 2. The zero-order chi connectivity index (χ0) is 21.6. The van der Waals surface area contributed by atoms with E-state index in [-0.39, 0.29) is 36.3 Å². The van der Waals surface area contributed by atoms with Gasteiger partial charge in [0.15, 0.2) is 0 Å². The van der Waals surface area contributed by atoms with Gasteiger partial charge >= 0.3 is 6.09 Å². The maximum Gasteiger partial charge on any atom is 0.417 e. The predicted molar refractivity (Wildman–Crippen MR) is 113 cm³/mol. The van der Waals surface area contributed by atoms with Gasteiger partial charge in [-0.25, -0.2) is 9.69 Å². The lowest BCUT2D eigenvalue weighted by Crippen LogP contribution is -2.42. The van der Waals surface area contributed by atoms with E-state index in [9.17, 15) is 14.7 Å². The number of aliphatic hydroxyl groups excluding tert-OH is 1. The third-order valence-electron chi connectivity index (χ3n) is 6.14. The minimum absolute atomic E-state index is 0.137. The molecule has 2 amide bonds. The fraction of sp³-hybridized carbons (Fsp3) is 0.826. The van der Waals surface area contributed by atoms with Crippen molar-refractivity contribution in [3.05, 3.63) is 11.6 Å². The topological polar surface area (TPSA) is 66.8 Å². The third-order valence-corrected chi connectivity index (χ3v) is 6.14. The molecule has 0 aromatic carbocycles. The van der Waals surface area contributed by atoms with Crippen LogP contribution in [0.25, 0.3) is 0 Å². The van der Waals surface area contributed by atoms with Crippen LogP contribution in [0.15, 0.2) is 11.6 Å². The van der Waals surface area contributed by atoms with Gasteiger partial charge in [0.25, 0.3) is 5.91 Å². The van der Waals surface area contributed by atoms with Gasteiger partial charge in [-0.3, -0.25) is 4.79 Å². The lowest BCUT2D eigenvalue weighted by molar-refractivity contribution is -0.125. The third kappa shape index (κ3) is 6.61. The van der Waals surface area contributed by atoms with Gasteiger partial charge < -0.3 is 9.84 Å². The highest BCUT2D eigenvalue weighted by atomic mass is 16.6. The maximum atomic E-state index is 12.8. The molecular weight excluding hydrogens is 354 g/mol. The molecule has 0 aliphatic carbocycles. The van der Waals surface area contributed by atoms with Gasteiger partial charge in [0.2, 0.25) is 0 Å². The number of aliphatic hydroxyl groups is 1. The van der Waals surface area contributed by atoms with E-state index in [4.69, 9.17) is 4.74 Å². The lowest BCUT2D eigenvalue weighted by atomic mass is 9.83. The summed E-state index contributed by atoms with van der Waals surface area (Å²) in [5.41, 5.74) is 0.482. The molecule has 1 aliphatic rings. The van der Waals surface area contributed by atoms with Crippen LogP contribution in [0.3, 0.4) is 0 Å². The van der Waals surface area contributed by atoms with Crippen molar-refractivity contribution in [1.82, 2.24) is 4.90 Å². The molecule has 0 unspecified atom stereocenters. The van der Waals surface area contributed by atoms with Gasteiger partial charge in [-0.05, 0) is 43.4 Å². The van der Waals surface area contributed by atoms with E-state index in [0.717, 1.165) is 6.42 Å². The summed E-state index contributed by atoms with van der Waals surface area (Å²) in [5.74, 6) is 1.06. The van der Waals surface area contributed by atoms with Crippen molar-refractivity contribution in [1.29, 1.82) is 0 Å². The number of carbonyl (C=O) groups is 2. The molecule has 0 radical (unpaired) electrons. The van der Waals surface area contributed by atoms with Crippen molar-refractivity contribution >= 4 is 12.0 Å². The second-order valence-electron chi connectivity index (χ2n) is 9.33. The van der Waals surface area contributed by atoms with E-state index in [1.807, 2.05) is 20.8 Å². The summed E-state index contributed by atoms with van der Waals surface area (Å²) in [4.78, 5) is 26.0. The van der Waals surface area contributed by atoms with Crippen molar-refractivity contribution in [2.45, 2.75) is 86.8 Å². The standard InChI is InChI=1S/C23H41NO4/c1-9-15(4)10-16(5)11-17(6)21(25)18(7)12-19(8)22(26)24-20(14(2)3)13-28-23(24)27/h12,14-18,20-21,25H,9-11,13H2,1-8H3/b19-12+/t15-,16-,17-,18-,20+,21+/m0/s1. The number of nitrogens with zero attached hydrogens (tertiary/aromatic N) is 1. The monoisotopic (exact) mass is 395 g/mol. The molecule has 28 heavy (non-hydrogen) atoms. The molecular formula is C23H41NO4. The van der Waals surface area contributed by atoms with Crippen LogP contribution in [0.2, 0.25) is 0 Å². The van der Waals surface area contributed by atoms with E-state index >= 15 is 0 Å². The predicted octanol–water partition coefficient (Wildman–Crippen LogP) is 5.03. The van der Waals surface area contributed by atoms with Crippen molar-refractivity contribution in [2.24, 2.45) is 29.6 Å². The summed E-state index contributed by atoms with van der Waals surface area (Å²) in [6.45, 7) is 16.6. The first kappa shape index (κ1) is 24.7. The molecule has 1 aliphatic heterocycles. The Balaban J connectivity index is 2.74. The molecule has 0 aromatic heterocycles. The first-order chi connectivity index (χ1) is 13.0. The number of rotatable bonds is 10. The quantitative estimate of drug-likeness (QED) is 0.527. The summed E-state index contributed by atoms with van der Waals surface area (Å²) < 4.78 is 5.08. The van der Waals surface area contributed by atoms with Crippen LogP contribution in [-0.2, 0) is 9.53 Å². The minimum Gasteiger partial charge on any atom is -0.447 e. The number of amides is 2. The maximum absolute atomic E-state index is 12.8. The average molecular weight is 396 g/mol. The highest BCUT2D eigenvalue weighted by molar-refractivity contribution is 6.03. The van der Waals surface area contributed by atoms with Gasteiger partial charge in [-0.15, -0.1) is 0 Å². The minimum atomic E-state index is -0.572. The largest absolute Gasteiger partial charge is 0.447 e. The van der Waals surface area contributed by atoms with Gasteiger partial charge in [-0.1, -0.05) is 61.0 Å². The molecule has 5 nitrogen and oxygen atoms in total. The molecule has 6 atom stereocenters. The van der Waals surface area contributed by atoms with E-state index in [1.54, 1.807) is 13.0 Å². The smallest absolute Gasteiger partial charge is 0.417 e. The normalized spacial score (nSPS) is 23.4. The molecule has 162 valence electrons. The molecule has 1 rings (SSSR count). The van der Waals surface area contributed by atoms with Crippen LogP contribution in [0.1, 0.15) is 74.7 Å². The molecule has 5 heteroatoms. The van der Waals surface area contributed by atoms with Crippen molar-refractivity contribution in [3.63, 3.8) is 0 Å². The molecule has 1 heterocycles. The lowest BCUT2D eigenvalue weighted by Gasteiger charge is -2.27. The Labute approximate surface area is 171 Å². The number of hydrogen-bond acceptors (Lipinski definition) is 4. The number of ether oxygens (including phenoxy) is 1. The highest BCUT2D eigenvalue weighted by Crippen LogP contribution is 2.27. The zero-order valence-corrected chi connectivity index (χ0v) is 19.1. The van der Waals surface area contributed by atoms with Crippen molar-refractivity contribution in [3.8, 4) is 0 Å². The summed E-state index contributed by atoms with van der Waals surface area (Å²) in [5, 5.41) is 10.8. The Morgan fingerprint density at radius 1 is 1.18 bits per heavy atom. The average Bonchev–Trinajstić information content (AvgIpc) is 3.01. The first-order valence-electron chi connectivity index (χ1n) is 10.9. The second-order valence-corrected chi connectivity index (χ2v) is 9.33. The molecule has 0 aromatic rings. The summed E-state index contributed by atoms with van der Waals surface area (Å²) in [6.07, 6.45) is 4.02. The van der Waals surface area contributed by atoms with Crippen LogP contribution >= 0.6 is 0 Å². The fourth-order valence-corrected chi connectivity index (χ4v) is 4.16. The Morgan fingerprint density at radius 2 is 1.79 bits per heavy atom. The van der Waals surface area contributed by atoms with E-state index < -0.39 is 12.2 Å². The van der Waals surface area contributed by atoms with Crippen LogP contribution in [0.4, 0.5) is 4.79 Å². The molecule has 0 bridgehead atoms. The SMILES string of the molecule is CC[C@H](C)C[C@H](C)C[C@H](C)[C@@H](O)[C@@H](C)/C=C(\C)C(=O)N1C(=O)OC[C@@H]1C(C)C. The van der Waals surface area contributed by atoms with Crippen LogP contribution < -0.4 is 0 Å². The Hall–Kier alpha value is -1.36. The summed E-state index contributed by atoms with van der Waals surface area (Å²) in [6, 6.07) is -0.232. The number of hydrogen-bond donors (Lipinski definition) is 1. The molecule has 0 spiro atoms. The summed E-state index contributed by atoms with van der Waals surface area (Å²) in [7, 11) is 0. The van der Waals surface area contributed by atoms with Crippen molar-refractivity contribution < 1.29 is 19.4 Å². The van der Waals surface area contributed by atoms with Gasteiger partial charge in [0, 0.05) is 11.5 Å². The highest BCUT2D eigenvalue weighted by Gasteiger charge is 2.40. The number of cyclic esters (lactones) is 1. The Bertz CT molecular complexity index is 557. The number of imide groups is 1. The van der Waals surface area contributed by atoms with Gasteiger partial charge in [0.1, 0.15) is 6.61 Å².